The van der Waals surface area contributed by atoms with Crippen LogP contribution in [0.1, 0.15) is 23.5 Å². The molecule has 6 heteroatoms. The fourth-order valence-electron chi connectivity index (χ4n) is 1.65. The molecule has 1 aromatic heterocycles. The summed E-state index contributed by atoms with van der Waals surface area (Å²) in [6, 6.07) is 9.54. The molecule has 0 aliphatic carbocycles. The van der Waals surface area contributed by atoms with Crippen LogP contribution in [0.5, 0.6) is 0 Å². The van der Waals surface area contributed by atoms with Crippen LogP contribution in [0.4, 0.5) is 0 Å². The zero-order valence-electron chi connectivity index (χ0n) is 12.0. The fraction of sp³-hybridized carbons (Fsp3) is 0.267. The minimum absolute atomic E-state index is 0.345. The van der Waals surface area contributed by atoms with Gasteiger partial charge in [-0.3, -0.25) is 4.79 Å². The van der Waals surface area contributed by atoms with E-state index in [4.69, 9.17) is 0 Å². The van der Waals surface area contributed by atoms with E-state index in [0.29, 0.717) is 4.88 Å². The van der Waals surface area contributed by atoms with Gasteiger partial charge in [0.2, 0.25) is 0 Å². The maximum atomic E-state index is 12.4. The third-order valence-corrected chi connectivity index (χ3v) is 4.44. The summed E-state index contributed by atoms with van der Waals surface area (Å²) in [5.74, 6) is -1.40. The lowest BCUT2D eigenvalue weighted by Gasteiger charge is -2.30. The van der Waals surface area contributed by atoms with Gasteiger partial charge in [0, 0.05) is 12.6 Å². The number of hydrogen-bond donors (Lipinski definition) is 1. The van der Waals surface area contributed by atoms with Gasteiger partial charge in [-0.05, 0) is 13.8 Å². The van der Waals surface area contributed by atoms with E-state index in [1.54, 1.807) is 0 Å². The van der Waals surface area contributed by atoms with Crippen LogP contribution in [0.2, 0.25) is 0 Å². The second-order valence-corrected chi connectivity index (χ2v) is 6.15. The third kappa shape index (κ3) is 2.95. The number of nitrogens with zero attached hydrogens (tertiary/aromatic N) is 2. The quantitative estimate of drug-likeness (QED) is 0.943. The number of aromatic nitrogens is 1. The molecule has 1 heterocycles. The number of carboxylic acid groups (broad SMARTS) is 1. The first-order valence-electron chi connectivity index (χ1n) is 6.37. The molecule has 0 spiro atoms. The van der Waals surface area contributed by atoms with Crippen molar-refractivity contribution < 1.29 is 14.7 Å². The van der Waals surface area contributed by atoms with Crippen molar-refractivity contribution in [3.8, 4) is 10.6 Å². The van der Waals surface area contributed by atoms with Gasteiger partial charge in [0.05, 0.1) is 6.20 Å². The number of likely N-dealkylation sites (N-methyl/N-ethyl adjacent to an activating group) is 1. The molecule has 0 unspecified atom stereocenters. The summed E-state index contributed by atoms with van der Waals surface area (Å²) < 4.78 is 0. The lowest BCUT2D eigenvalue weighted by atomic mass is 10.0. The highest BCUT2D eigenvalue weighted by Gasteiger charge is 2.36. The standard InChI is InChI=1S/C15H16N2O3S/c1-15(2,14(19)20)17(3)13(18)11-9-16-12(21-11)10-7-5-4-6-8-10/h4-9H,1-3H3,(H,19,20). The van der Waals surface area contributed by atoms with Crippen LogP contribution in [0.3, 0.4) is 0 Å². The average Bonchev–Trinajstić information content (AvgIpc) is 2.96. The molecule has 0 saturated carbocycles. The molecule has 1 N–H and O–H groups in total. The first-order chi connectivity index (χ1) is 9.84. The minimum atomic E-state index is -1.27. The van der Waals surface area contributed by atoms with Crippen LogP contribution in [0.15, 0.2) is 36.5 Å². The molecule has 0 aliphatic rings. The maximum Gasteiger partial charge on any atom is 0.329 e. The second kappa shape index (κ2) is 5.65. The molecule has 2 aromatic rings. The van der Waals surface area contributed by atoms with Crippen LogP contribution in [0, 0.1) is 0 Å². The van der Waals surface area contributed by atoms with Gasteiger partial charge in [-0.15, -0.1) is 11.3 Å². The highest BCUT2D eigenvalue weighted by molar-refractivity contribution is 7.16. The maximum absolute atomic E-state index is 12.4. The summed E-state index contributed by atoms with van der Waals surface area (Å²) in [6.45, 7) is 2.98. The summed E-state index contributed by atoms with van der Waals surface area (Å²) >= 11 is 1.25. The van der Waals surface area contributed by atoms with E-state index in [2.05, 4.69) is 4.98 Å². The SMILES string of the molecule is CN(C(=O)c1cnc(-c2ccccc2)s1)C(C)(C)C(=O)O. The summed E-state index contributed by atoms with van der Waals surface area (Å²) in [6.07, 6.45) is 1.49. The van der Waals surface area contributed by atoms with Crippen LogP contribution in [-0.2, 0) is 4.79 Å². The number of carbonyl (C=O) groups is 2. The second-order valence-electron chi connectivity index (χ2n) is 5.12. The highest BCUT2D eigenvalue weighted by Crippen LogP contribution is 2.27. The van der Waals surface area contributed by atoms with E-state index in [1.165, 1.54) is 43.3 Å². The Hall–Kier alpha value is -2.21. The highest BCUT2D eigenvalue weighted by atomic mass is 32.1. The van der Waals surface area contributed by atoms with E-state index in [-0.39, 0.29) is 5.91 Å². The van der Waals surface area contributed by atoms with Crippen molar-refractivity contribution in [1.82, 2.24) is 9.88 Å². The number of carboxylic acids is 1. The summed E-state index contributed by atoms with van der Waals surface area (Å²) in [7, 11) is 1.48. The van der Waals surface area contributed by atoms with E-state index >= 15 is 0 Å². The van der Waals surface area contributed by atoms with Gasteiger partial charge in [0.25, 0.3) is 5.91 Å². The number of benzene rings is 1. The van der Waals surface area contributed by atoms with E-state index in [1.807, 2.05) is 30.3 Å². The molecule has 110 valence electrons. The third-order valence-electron chi connectivity index (χ3n) is 3.40. The van der Waals surface area contributed by atoms with Gasteiger partial charge >= 0.3 is 5.97 Å². The van der Waals surface area contributed by atoms with Crippen molar-refractivity contribution in [2.24, 2.45) is 0 Å². The number of carbonyl (C=O) groups excluding carboxylic acids is 1. The normalized spacial score (nSPS) is 11.2. The Morgan fingerprint density at radius 2 is 1.86 bits per heavy atom. The zero-order chi connectivity index (χ0) is 15.6. The molecule has 0 fully saturated rings. The van der Waals surface area contributed by atoms with E-state index < -0.39 is 11.5 Å². The number of aliphatic carboxylic acids is 1. The summed E-state index contributed by atoms with van der Waals surface area (Å²) in [5, 5.41) is 9.92. The van der Waals surface area contributed by atoms with Gasteiger partial charge in [0.15, 0.2) is 0 Å². The smallest absolute Gasteiger partial charge is 0.329 e. The van der Waals surface area contributed by atoms with Gasteiger partial charge in [-0.2, -0.15) is 0 Å². The molecule has 21 heavy (non-hydrogen) atoms. The Balaban J connectivity index is 2.26. The Morgan fingerprint density at radius 3 is 2.43 bits per heavy atom. The molecule has 0 saturated heterocycles. The monoisotopic (exact) mass is 304 g/mol. The molecule has 2 rings (SSSR count). The fourth-order valence-corrected chi connectivity index (χ4v) is 2.55. The number of thiazole rings is 1. The lowest BCUT2D eigenvalue weighted by Crippen LogP contribution is -2.50. The molecule has 0 radical (unpaired) electrons. The Bertz CT molecular complexity index is 665. The summed E-state index contributed by atoms with van der Waals surface area (Å²) in [4.78, 5) is 29.5. The van der Waals surface area contributed by atoms with Gasteiger partial charge < -0.3 is 10.0 Å². The van der Waals surface area contributed by atoms with Crippen molar-refractivity contribution >= 4 is 23.2 Å². The first kappa shape index (κ1) is 15.2. The molecule has 0 bridgehead atoms. The molecule has 1 amide bonds. The van der Waals surface area contributed by atoms with Crippen molar-refractivity contribution in [3.63, 3.8) is 0 Å². The Morgan fingerprint density at radius 1 is 1.24 bits per heavy atom. The lowest BCUT2D eigenvalue weighted by molar-refractivity contribution is -0.147. The van der Waals surface area contributed by atoms with Gasteiger partial charge in [0.1, 0.15) is 15.4 Å². The first-order valence-corrected chi connectivity index (χ1v) is 7.18. The van der Waals surface area contributed by atoms with Gasteiger partial charge in [-0.1, -0.05) is 30.3 Å². The zero-order valence-corrected chi connectivity index (χ0v) is 12.8. The summed E-state index contributed by atoms with van der Waals surface area (Å²) in [5.41, 5.74) is -0.338. The predicted octanol–water partition coefficient (Wildman–Crippen LogP) is 2.75. The van der Waals surface area contributed by atoms with Crippen molar-refractivity contribution in [2.75, 3.05) is 7.05 Å². The van der Waals surface area contributed by atoms with Gasteiger partial charge in [-0.25, -0.2) is 9.78 Å². The van der Waals surface area contributed by atoms with Crippen LogP contribution < -0.4 is 0 Å². The molecule has 5 nitrogen and oxygen atoms in total. The minimum Gasteiger partial charge on any atom is -0.480 e. The van der Waals surface area contributed by atoms with Crippen LogP contribution in [-0.4, -0.2) is 39.5 Å². The molecule has 1 aromatic carbocycles. The average molecular weight is 304 g/mol. The van der Waals surface area contributed by atoms with E-state index in [0.717, 1.165) is 10.6 Å². The number of rotatable bonds is 4. The Kier molecular flexibility index (Phi) is 4.09. The van der Waals surface area contributed by atoms with Crippen LogP contribution >= 0.6 is 11.3 Å². The Labute approximate surface area is 126 Å². The molecular formula is C15H16N2O3S. The van der Waals surface area contributed by atoms with Crippen molar-refractivity contribution in [1.29, 1.82) is 0 Å². The number of hydrogen-bond acceptors (Lipinski definition) is 4. The molecule has 0 atom stereocenters. The number of amides is 1. The largest absolute Gasteiger partial charge is 0.480 e. The van der Waals surface area contributed by atoms with E-state index in [9.17, 15) is 14.7 Å². The van der Waals surface area contributed by atoms with Crippen molar-refractivity contribution in [3.05, 3.63) is 41.4 Å². The predicted molar refractivity (Wildman–Crippen MR) is 81.4 cm³/mol. The van der Waals surface area contributed by atoms with Crippen LogP contribution in [0.25, 0.3) is 10.6 Å². The molecular weight excluding hydrogens is 288 g/mol. The topological polar surface area (TPSA) is 70.5 Å². The molecule has 0 aliphatic heterocycles. The van der Waals surface area contributed by atoms with Crippen molar-refractivity contribution in [2.45, 2.75) is 19.4 Å².